The van der Waals surface area contributed by atoms with Crippen LogP contribution in [0.3, 0.4) is 0 Å². The number of methoxy groups -OCH3 is 1. The zero-order chi connectivity index (χ0) is 13.8. The maximum atomic E-state index is 11.6. The van der Waals surface area contributed by atoms with Crippen molar-refractivity contribution in [2.45, 2.75) is 38.4 Å². The van der Waals surface area contributed by atoms with Crippen molar-refractivity contribution in [2.75, 3.05) is 12.4 Å². The quantitative estimate of drug-likeness (QED) is 0.715. The van der Waals surface area contributed by atoms with Crippen LogP contribution in [-0.2, 0) is 20.9 Å². The fourth-order valence-electron chi connectivity index (χ4n) is 1.66. The minimum absolute atomic E-state index is 0.0434. The van der Waals surface area contributed by atoms with Crippen LogP contribution in [0.25, 0.3) is 0 Å². The standard InChI is InChI=1S/C12H18N4O3/c1-8(12(18)19-2)14-10-5-13-16(6-10)7-11(17)15-9-3-4-9/h5-6,8-9,14H,3-4,7H2,1-2H3,(H,15,17). The summed E-state index contributed by atoms with van der Waals surface area (Å²) in [4.78, 5) is 22.8. The summed E-state index contributed by atoms with van der Waals surface area (Å²) < 4.78 is 6.15. The number of nitrogens with one attached hydrogen (secondary N) is 2. The van der Waals surface area contributed by atoms with Crippen LogP contribution in [0.15, 0.2) is 12.4 Å². The number of hydrogen-bond acceptors (Lipinski definition) is 5. The molecule has 1 aromatic rings. The molecule has 2 N–H and O–H groups in total. The lowest BCUT2D eigenvalue weighted by Gasteiger charge is -2.10. The first kappa shape index (κ1) is 13.4. The lowest BCUT2D eigenvalue weighted by molar-refractivity contribution is -0.141. The highest BCUT2D eigenvalue weighted by atomic mass is 16.5. The van der Waals surface area contributed by atoms with Gasteiger partial charge in [0.25, 0.3) is 0 Å². The number of esters is 1. The highest BCUT2D eigenvalue weighted by Gasteiger charge is 2.23. The van der Waals surface area contributed by atoms with Crippen molar-refractivity contribution >= 4 is 17.6 Å². The Morgan fingerprint density at radius 1 is 1.58 bits per heavy atom. The van der Waals surface area contributed by atoms with Crippen LogP contribution in [0, 0.1) is 0 Å². The Kier molecular flexibility index (Phi) is 4.03. The third-order valence-electron chi connectivity index (χ3n) is 2.82. The number of aromatic nitrogens is 2. The molecule has 1 aliphatic carbocycles. The summed E-state index contributed by atoms with van der Waals surface area (Å²) in [6.07, 6.45) is 5.39. The van der Waals surface area contributed by atoms with Crippen molar-refractivity contribution in [3.8, 4) is 0 Å². The van der Waals surface area contributed by atoms with E-state index in [9.17, 15) is 9.59 Å². The number of amides is 1. The van der Waals surface area contributed by atoms with Crippen LogP contribution in [0.1, 0.15) is 19.8 Å². The van der Waals surface area contributed by atoms with Crippen LogP contribution in [0.4, 0.5) is 5.69 Å². The van der Waals surface area contributed by atoms with E-state index in [1.165, 1.54) is 11.8 Å². The van der Waals surface area contributed by atoms with Crippen LogP contribution in [0.2, 0.25) is 0 Å². The van der Waals surface area contributed by atoms with Crippen LogP contribution < -0.4 is 10.6 Å². The van der Waals surface area contributed by atoms with Gasteiger partial charge in [0.2, 0.25) is 5.91 Å². The third kappa shape index (κ3) is 3.97. The molecule has 0 aromatic carbocycles. The zero-order valence-corrected chi connectivity index (χ0v) is 11.0. The second-order valence-corrected chi connectivity index (χ2v) is 4.66. The van der Waals surface area contributed by atoms with Crippen LogP contribution in [-0.4, -0.2) is 40.9 Å². The molecule has 0 saturated heterocycles. The summed E-state index contributed by atoms with van der Waals surface area (Å²) in [5, 5.41) is 9.90. The summed E-state index contributed by atoms with van der Waals surface area (Å²) in [6.45, 7) is 1.88. The second kappa shape index (κ2) is 5.73. The minimum atomic E-state index is -0.456. The number of anilines is 1. The Morgan fingerprint density at radius 3 is 2.95 bits per heavy atom. The first-order valence-electron chi connectivity index (χ1n) is 6.24. The van der Waals surface area contributed by atoms with Gasteiger partial charge in [-0.2, -0.15) is 5.10 Å². The molecular weight excluding hydrogens is 248 g/mol. The number of carbonyl (C=O) groups excluding carboxylic acids is 2. The fraction of sp³-hybridized carbons (Fsp3) is 0.583. The van der Waals surface area contributed by atoms with E-state index in [4.69, 9.17) is 0 Å². The molecule has 1 atom stereocenters. The summed E-state index contributed by atoms with van der Waals surface area (Å²) >= 11 is 0. The summed E-state index contributed by atoms with van der Waals surface area (Å²) in [6, 6.07) is -0.108. The van der Waals surface area contributed by atoms with Gasteiger partial charge in [-0.15, -0.1) is 0 Å². The van der Waals surface area contributed by atoms with Gasteiger partial charge in [0.05, 0.1) is 19.0 Å². The van der Waals surface area contributed by atoms with Gasteiger partial charge in [-0.25, -0.2) is 4.79 Å². The highest BCUT2D eigenvalue weighted by Crippen LogP contribution is 2.18. The maximum absolute atomic E-state index is 11.6. The van der Waals surface area contributed by atoms with E-state index in [1.54, 1.807) is 19.3 Å². The molecule has 0 spiro atoms. The van der Waals surface area contributed by atoms with Gasteiger partial charge in [0, 0.05) is 12.2 Å². The molecule has 0 aliphatic heterocycles. The SMILES string of the molecule is COC(=O)C(C)Nc1cnn(CC(=O)NC2CC2)c1. The van der Waals surface area contributed by atoms with Crippen LogP contribution in [0.5, 0.6) is 0 Å². The van der Waals surface area contributed by atoms with Gasteiger partial charge < -0.3 is 15.4 Å². The van der Waals surface area contributed by atoms with E-state index in [-0.39, 0.29) is 18.4 Å². The zero-order valence-electron chi connectivity index (χ0n) is 11.0. The molecule has 2 rings (SSSR count). The molecule has 1 heterocycles. The van der Waals surface area contributed by atoms with Crippen molar-refractivity contribution in [1.29, 1.82) is 0 Å². The number of carbonyl (C=O) groups is 2. The molecule has 1 unspecified atom stereocenters. The van der Waals surface area contributed by atoms with Gasteiger partial charge in [0.15, 0.2) is 0 Å². The molecule has 1 aromatic heterocycles. The van der Waals surface area contributed by atoms with E-state index in [0.717, 1.165) is 12.8 Å². The fourth-order valence-corrected chi connectivity index (χ4v) is 1.66. The van der Waals surface area contributed by atoms with E-state index in [2.05, 4.69) is 20.5 Å². The molecule has 19 heavy (non-hydrogen) atoms. The largest absolute Gasteiger partial charge is 0.467 e. The van der Waals surface area contributed by atoms with E-state index < -0.39 is 6.04 Å². The Morgan fingerprint density at radius 2 is 2.32 bits per heavy atom. The normalized spacial score (nSPS) is 15.7. The molecule has 1 fully saturated rings. The average molecular weight is 266 g/mol. The first-order chi connectivity index (χ1) is 9.08. The summed E-state index contributed by atoms with van der Waals surface area (Å²) in [7, 11) is 1.34. The van der Waals surface area contributed by atoms with Crippen molar-refractivity contribution in [3.05, 3.63) is 12.4 Å². The topological polar surface area (TPSA) is 85.2 Å². The molecule has 0 bridgehead atoms. The van der Waals surface area contributed by atoms with Crippen molar-refractivity contribution < 1.29 is 14.3 Å². The van der Waals surface area contributed by atoms with Crippen molar-refractivity contribution in [1.82, 2.24) is 15.1 Å². The third-order valence-corrected chi connectivity index (χ3v) is 2.82. The van der Waals surface area contributed by atoms with E-state index in [1.807, 2.05) is 0 Å². The molecule has 0 radical (unpaired) electrons. The van der Waals surface area contributed by atoms with Crippen LogP contribution >= 0.6 is 0 Å². The Bertz CT molecular complexity index is 467. The molecule has 1 saturated carbocycles. The number of nitrogens with zero attached hydrogens (tertiary/aromatic N) is 2. The summed E-state index contributed by atoms with van der Waals surface area (Å²) in [5.74, 6) is -0.391. The van der Waals surface area contributed by atoms with Gasteiger partial charge in [0.1, 0.15) is 12.6 Å². The first-order valence-corrected chi connectivity index (χ1v) is 6.24. The Balaban J connectivity index is 1.83. The van der Waals surface area contributed by atoms with E-state index in [0.29, 0.717) is 11.7 Å². The summed E-state index contributed by atoms with van der Waals surface area (Å²) in [5.41, 5.74) is 0.678. The predicted molar refractivity (Wildman–Crippen MR) is 68.5 cm³/mol. The average Bonchev–Trinajstić information content (AvgIpc) is 3.08. The number of hydrogen-bond donors (Lipinski definition) is 2. The van der Waals surface area contributed by atoms with Gasteiger partial charge in [-0.1, -0.05) is 0 Å². The highest BCUT2D eigenvalue weighted by molar-refractivity contribution is 5.78. The van der Waals surface area contributed by atoms with Gasteiger partial charge in [-0.05, 0) is 19.8 Å². The minimum Gasteiger partial charge on any atom is -0.467 e. The van der Waals surface area contributed by atoms with Crippen molar-refractivity contribution in [2.24, 2.45) is 0 Å². The number of rotatable bonds is 6. The monoisotopic (exact) mass is 266 g/mol. The molecule has 104 valence electrons. The molecule has 1 amide bonds. The molecule has 7 heteroatoms. The van der Waals surface area contributed by atoms with E-state index >= 15 is 0 Å². The Labute approximate surface area is 111 Å². The maximum Gasteiger partial charge on any atom is 0.327 e. The molecular formula is C12H18N4O3. The Hall–Kier alpha value is -2.05. The van der Waals surface area contributed by atoms with Crippen molar-refractivity contribution in [3.63, 3.8) is 0 Å². The van der Waals surface area contributed by atoms with Gasteiger partial charge >= 0.3 is 5.97 Å². The lowest BCUT2D eigenvalue weighted by atomic mass is 10.3. The molecule has 7 nitrogen and oxygen atoms in total. The lowest BCUT2D eigenvalue weighted by Crippen LogP contribution is -2.29. The second-order valence-electron chi connectivity index (χ2n) is 4.66. The predicted octanol–water partition coefficient (Wildman–Crippen LogP) is 0.135. The number of ether oxygens (including phenoxy) is 1. The smallest absolute Gasteiger partial charge is 0.327 e. The van der Waals surface area contributed by atoms with Gasteiger partial charge in [-0.3, -0.25) is 9.48 Å². The molecule has 1 aliphatic rings.